The van der Waals surface area contributed by atoms with E-state index in [0.717, 1.165) is 10.5 Å². The third-order valence-electron chi connectivity index (χ3n) is 4.80. The van der Waals surface area contributed by atoms with E-state index in [4.69, 9.17) is 4.52 Å². The van der Waals surface area contributed by atoms with Crippen molar-refractivity contribution in [2.75, 3.05) is 11.9 Å². The number of urea groups is 1. The summed E-state index contributed by atoms with van der Waals surface area (Å²) >= 11 is 0. The SMILES string of the molecule is Cc1cc(NC(=O)CN2C(=O)N[C@](C)(c3ccc(C(C)(C)C)cc3)C2=O)no1. The molecule has 1 aliphatic heterocycles. The summed E-state index contributed by atoms with van der Waals surface area (Å²) in [7, 11) is 0. The Hall–Kier alpha value is -3.16. The Morgan fingerprint density at radius 1 is 1.25 bits per heavy atom. The van der Waals surface area contributed by atoms with Crippen LogP contribution in [-0.4, -0.2) is 34.4 Å². The van der Waals surface area contributed by atoms with Gasteiger partial charge in [0.15, 0.2) is 5.82 Å². The molecule has 1 aromatic heterocycles. The second-order valence-corrected chi connectivity index (χ2v) is 8.14. The molecule has 148 valence electrons. The lowest BCUT2D eigenvalue weighted by Gasteiger charge is -2.24. The van der Waals surface area contributed by atoms with Crippen LogP contribution in [0.15, 0.2) is 34.9 Å². The van der Waals surface area contributed by atoms with Crippen molar-refractivity contribution in [1.82, 2.24) is 15.4 Å². The van der Waals surface area contributed by atoms with Gasteiger partial charge in [-0.25, -0.2) is 4.79 Å². The molecule has 4 amide bonds. The molecule has 3 rings (SSSR count). The van der Waals surface area contributed by atoms with E-state index in [1.54, 1.807) is 19.9 Å². The third kappa shape index (κ3) is 3.62. The van der Waals surface area contributed by atoms with Gasteiger partial charge in [0.05, 0.1) is 0 Å². The van der Waals surface area contributed by atoms with E-state index >= 15 is 0 Å². The molecule has 2 heterocycles. The van der Waals surface area contributed by atoms with Crippen molar-refractivity contribution >= 4 is 23.7 Å². The van der Waals surface area contributed by atoms with Gasteiger partial charge in [-0.3, -0.25) is 14.5 Å². The molecule has 1 atom stereocenters. The van der Waals surface area contributed by atoms with Gasteiger partial charge in [-0.05, 0) is 30.4 Å². The van der Waals surface area contributed by atoms with Crippen molar-refractivity contribution in [1.29, 1.82) is 0 Å². The number of benzene rings is 1. The second kappa shape index (κ2) is 6.78. The molecule has 1 fully saturated rings. The summed E-state index contributed by atoms with van der Waals surface area (Å²) in [4.78, 5) is 38.4. The van der Waals surface area contributed by atoms with Crippen molar-refractivity contribution in [3.63, 3.8) is 0 Å². The molecule has 8 heteroatoms. The first-order chi connectivity index (χ1) is 13.0. The fourth-order valence-electron chi connectivity index (χ4n) is 3.09. The van der Waals surface area contributed by atoms with Crippen LogP contribution in [0.25, 0.3) is 0 Å². The van der Waals surface area contributed by atoms with Crippen LogP contribution in [0.3, 0.4) is 0 Å². The van der Waals surface area contributed by atoms with E-state index < -0.39 is 29.9 Å². The first-order valence-electron chi connectivity index (χ1n) is 8.99. The van der Waals surface area contributed by atoms with Gasteiger partial charge in [-0.2, -0.15) is 0 Å². The Morgan fingerprint density at radius 2 is 1.89 bits per heavy atom. The number of hydrogen-bond acceptors (Lipinski definition) is 5. The third-order valence-corrected chi connectivity index (χ3v) is 4.80. The van der Waals surface area contributed by atoms with Gasteiger partial charge in [-0.15, -0.1) is 0 Å². The minimum Gasteiger partial charge on any atom is -0.360 e. The van der Waals surface area contributed by atoms with Crippen LogP contribution in [0.4, 0.5) is 10.6 Å². The van der Waals surface area contributed by atoms with E-state index in [-0.39, 0.29) is 11.2 Å². The Balaban J connectivity index is 1.75. The number of anilines is 1. The van der Waals surface area contributed by atoms with Crippen molar-refractivity contribution in [2.45, 2.75) is 45.6 Å². The summed E-state index contributed by atoms with van der Waals surface area (Å²) in [6.45, 7) is 9.22. The number of rotatable bonds is 4. The molecule has 28 heavy (non-hydrogen) atoms. The van der Waals surface area contributed by atoms with Crippen LogP contribution >= 0.6 is 0 Å². The number of amides is 4. The molecule has 0 spiro atoms. The lowest BCUT2D eigenvalue weighted by Crippen LogP contribution is -2.42. The molecule has 0 aliphatic carbocycles. The maximum atomic E-state index is 12.9. The van der Waals surface area contributed by atoms with Gasteiger partial charge in [0.25, 0.3) is 5.91 Å². The molecule has 2 aromatic rings. The zero-order chi connectivity index (χ0) is 20.7. The molecule has 1 aromatic carbocycles. The van der Waals surface area contributed by atoms with Gasteiger partial charge in [0.2, 0.25) is 5.91 Å². The molecule has 0 bridgehead atoms. The highest BCUT2D eigenvalue weighted by Crippen LogP contribution is 2.31. The summed E-state index contributed by atoms with van der Waals surface area (Å²) in [6.07, 6.45) is 0. The van der Waals surface area contributed by atoms with Crippen molar-refractivity contribution in [3.05, 3.63) is 47.2 Å². The number of nitrogens with one attached hydrogen (secondary N) is 2. The monoisotopic (exact) mass is 384 g/mol. The van der Waals surface area contributed by atoms with Crippen molar-refractivity contribution in [2.24, 2.45) is 0 Å². The highest BCUT2D eigenvalue weighted by Gasteiger charge is 2.49. The lowest BCUT2D eigenvalue weighted by atomic mass is 9.84. The van der Waals surface area contributed by atoms with E-state index in [2.05, 4.69) is 36.6 Å². The lowest BCUT2D eigenvalue weighted by molar-refractivity contribution is -0.133. The van der Waals surface area contributed by atoms with Crippen molar-refractivity contribution < 1.29 is 18.9 Å². The summed E-state index contributed by atoms with van der Waals surface area (Å²) in [5.74, 6) is -0.247. The quantitative estimate of drug-likeness (QED) is 0.789. The van der Waals surface area contributed by atoms with Gasteiger partial charge >= 0.3 is 6.03 Å². The Kier molecular flexibility index (Phi) is 4.74. The van der Waals surface area contributed by atoms with Crippen LogP contribution in [-0.2, 0) is 20.5 Å². The van der Waals surface area contributed by atoms with Crippen LogP contribution in [0.1, 0.15) is 44.6 Å². The van der Waals surface area contributed by atoms with E-state index in [1.807, 2.05) is 24.3 Å². The standard InChI is InChI=1S/C20H24N4O4/c1-12-10-15(23-28-12)21-16(25)11-24-17(26)20(5,22-18(24)27)14-8-6-13(7-9-14)19(2,3)4/h6-10H,11H2,1-5H3,(H,22,27)(H,21,23,25)/t20-/m1/s1. The Labute approximate surface area is 163 Å². The van der Waals surface area contributed by atoms with E-state index in [0.29, 0.717) is 11.3 Å². The van der Waals surface area contributed by atoms with Crippen molar-refractivity contribution in [3.8, 4) is 0 Å². The minimum atomic E-state index is -1.22. The zero-order valence-corrected chi connectivity index (χ0v) is 16.6. The van der Waals surface area contributed by atoms with Gasteiger partial charge in [-0.1, -0.05) is 50.2 Å². The summed E-state index contributed by atoms with van der Waals surface area (Å²) in [5.41, 5.74) is 0.536. The number of carbonyl (C=O) groups excluding carboxylic acids is 3. The van der Waals surface area contributed by atoms with Gasteiger partial charge < -0.3 is 15.2 Å². The molecule has 1 aliphatic rings. The molecular formula is C20H24N4O4. The fourth-order valence-corrected chi connectivity index (χ4v) is 3.09. The molecule has 0 radical (unpaired) electrons. The number of carbonyl (C=O) groups is 3. The first-order valence-corrected chi connectivity index (χ1v) is 8.99. The van der Waals surface area contributed by atoms with Crippen LogP contribution < -0.4 is 10.6 Å². The number of nitrogens with zero attached hydrogens (tertiary/aromatic N) is 2. The average molecular weight is 384 g/mol. The predicted octanol–water partition coefficient (Wildman–Crippen LogP) is 2.69. The number of aromatic nitrogens is 1. The highest BCUT2D eigenvalue weighted by atomic mass is 16.5. The molecule has 8 nitrogen and oxygen atoms in total. The topological polar surface area (TPSA) is 105 Å². The predicted molar refractivity (Wildman–Crippen MR) is 103 cm³/mol. The maximum absolute atomic E-state index is 12.9. The Morgan fingerprint density at radius 3 is 2.43 bits per heavy atom. The van der Waals surface area contributed by atoms with Gasteiger partial charge in [0.1, 0.15) is 17.8 Å². The first kappa shape index (κ1) is 19.6. The molecule has 1 saturated heterocycles. The van der Waals surface area contributed by atoms with E-state index in [1.165, 1.54) is 0 Å². The number of hydrogen-bond donors (Lipinski definition) is 2. The molecule has 0 unspecified atom stereocenters. The van der Waals surface area contributed by atoms with Crippen LogP contribution in [0.5, 0.6) is 0 Å². The smallest absolute Gasteiger partial charge is 0.325 e. The number of aryl methyl sites for hydroxylation is 1. The van der Waals surface area contributed by atoms with Gasteiger partial charge in [0, 0.05) is 6.07 Å². The average Bonchev–Trinajstić information content (AvgIpc) is 3.11. The fraction of sp³-hybridized carbons (Fsp3) is 0.400. The highest BCUT2D eigenvalue weighted by molar-refractivity contribution is 6.10. The second-order valence-electron chi connectivity index (χ2n) is 8.14. The van der Waals surface area contributed by atoms with Crippen LogP contribution in [0.2, 0.25) is 0 Å². The Bertz CT molecular complexity index is 926. The maximum Gasteiger partial charge on any atom is 0.325 e. The largest absolute Gasteiger partial charge is 0.360 e. The molecule has 0 saturated carbocycles. The summed E-state index contributed by atoms with van der Waals surface area (Å²) in [5, 5.41) is 8.87. The molecule has 2 N–H and O–H groups in total. The summed E-state index contributed by atoms with van der Waals surface area (Å²) < 4.78 is 4.88. The molecular weight excluding hydrogens is 360 g/mol. The number of imide groups is 1. The summed E-state index contributed by atoms with van der Waals surface area (Å²) in [6, 6.07) is 8.50. The zero-order valence-electron chi connectivity index (χ0n) is 16.6. The van der Waals surface area contributed by atoms with E-state index in [9.17, 15) is 14.4 Å². The normalized spacial score (nSPS) is 19.7. The van der Waals surface area contributed by atoms with Crippen LogP contribution in [0, 0.1) is 6.92 Å². The minimum absolute atomic E-state index is 0.0219.